The van der Waals surface area contributed by atoms with E-state index in [1.165, 1.54) is 28.5 Å². The molecule has 5 heteroatoms. The van der Waals surface area contributed by atoms with Crippen LogP contribution in [0.3, 0.4) is 0 Å². The first-order valence-electron chi connectivity index (χ1n) is 8.12. The van der Waals surface area contributed by atoms with E-state index in [4.69, 9.17) is 4.74 Å². The number of halogens is 1. The van der Waals surface area contributed by atoms with Crippen LogP contribution in [0.15, 0.2) is 42.5 Å². The van der Waals surface area contributed by atoms with Gasteiger partial charge in [-0.2, -0.15) is 0 Å². The predicted molar refractivity (Wildman–Crippen MR) is 99.7 cm³/mol. The number of amides is 1. The minimum atomic E-state index is -0.320. The molecule has 0 unspecified atom stereocenters. The lowest BCUT2D eigenvalue weighted by Gasteiger charge is -2.07. The van der Waals surface area contributed by atoms with Gasteiger partial charge in [0.2, 0.25) is 0 Å². The molecule has 1 N–H and O–H groups in total. The summed E-state index contributed by atoms with van der Waals surface area (Å²) in [7, 11) is 1.55. The Morgan fingerprint density at radius 2 is 2.04 bits per heavy atom. The molecule has 0 bridgehead atoms. The standard InChI is InChI=1S/C20H20FNO2S/c1-13-5-3-6-14(11-13)9-10-22-20(23)19-15(12-24-2)18-16(21)7-4-8-17(18)25-19/h3-8,11H,9-10,12H2,1-2H3,(H,22,23). The van der Waals surface area contributed by atoms with Crippen molar-refractivity contribution in [3.05, 3.63) is 69.8 Å². The number of nitrogens with one attached hydrogen (secondary N) is 1. The lowest BCUT2D eigenvalue weighted by molar-refractivity contribution is 0.0954. The van der Waals surface area contributed by atoms with Gasteiger partial charge in [-0.3, -0.25) is 4.79 Å². The van der Waals surface area contributed by atoms with E-state index in [9.17, 15) is 9.18 Å². The summed E-state index contributed by atoms with van der Waals surface area (Å²) < 4.78 is 20.1. The molecule has 130 valence electrons. The SMILES string of the molecule is COCc1c(C(=O)NCCc2cccc(C)c2)sc2cccc(F)c12. The maximum Gasteiger partial charge on any atom is 0.261 e. The van der Waals surface area contributed by atoms with Gasteiger partial charge in [-0.25, -0.2) is 4.39 Å². The minimum absolute atomic E-state index is 0.180. The molecule has 0 atom stereocenters. The van der Waals surface area contributed by atoms with Gasteiger partial charge in [0.1, 0.15) is 5.82 Å². The summed E-state index contributed by atoms with van der Waals surface area (Å²) in [4.78, 5) is 13.1. The highest BCUT2D eigenvalue weighted by molar-refractivity contribution is 7.21. The number of aryl methyl sites for hydroxylation is 1. The number of rotatable bonds is 6. The Bertz CT molecular complexity index is 904. The highest BCUT2D eigenvalue weighted by atomic mass is 32.1. The third kappa shape index (κ3) is 3.89. The van der Waals surface area contributed by atoms with Crippen LogP contribution in [-0.2, 0) is 17.8 Å². The van der Waals surface area contributed by atoms with Crippen LogP contribution in [0.4, 0.5) is 4.39 Å². The second kappa shape index (κ2) is 7.76. The summed E-state index contributed by atoms with van der Waals surface area (Å²) in [6, 6.07) is 13.1. The van der Waals surface area contributed by atoms with Crippen LogP contribution in [-0.4, -0.2) is 19.6 Å². The van der Waals surface area contributed by atoms with Crippen LogP contribution in [0.5, 0.6) is 0 Å². The Hall–Kier alpha value is -2.24. The number of fused-ring (bicyclic) bond motifs is 1. The lowest BCUT2D eigenvalue weighted by atomic mass is 10.1. The first-order valence-corrected chi connectivity index (χ1v) is 8.94. The highest BCUT2D eigenvalue weighted by Gasteiger charge is 2.20. The van der Waals surface area contributed by atoms with E-state index in [2.05, 4.69) is 11.4 Å². The number of methoxy groups -OCH3 is 1. The Kier molecular flexibility index (Phi) is 5.46. The maximum absolute atomic E-state index is 14.2. The average Bonchev–Trinajstić information content (AvgIpc) is 2.95. The Morgan fingerprint density at radius 1 is 1.24 bits per heavy atom. The molecule has 25 heavy (non-hydrogen) atoms. The average molecular weight is 357 g/mol. The van der Waals surface area contributed by atoms with Crippen LogP contribution in [0.1, 0.15) is 26.4 Å². The molecule has 2 aromatic carbocycles. The molecule has 1 heterocycles. The largest absolute Gasteiger partial charge is 0.380 e. The van der Waals surface area contributed by atoms with Crippen LogP contribution in [0.2, 0.25) is 0 Å². The second-order valence-corrected chi connectivity index (χ2v) is 7.00. The molecule has 0 radical (unpaired) electrons. The molecule has 1 amide bonds. The quantitative estimate of drug-likeness (QED) is 0.707. The number of benzene rings is 2. The van der Waals surface area contributed by atoms with E-state index in [1.807, 2.05) is 31.2 Å². The maximum atomic E-state index is 14.2. The van der Waals surface area contributed by atoms with Gasteiger partial charge in [0.15, 0.2) is 0 Å². The molecule has 0 aliphatic carbocycles. The summed E-state index contributed by atoms with van der Waals surface area (Å²) in [5.74, 6) is -0.500. The lowest BCUT2D eigenvalue weighted by Crippen LogP contribution is -2.25. The van der Waals surface area contributed by atoms with Gasteiger partial charge in [-0.05, 0) is 31.0 Å². The molecule has 3 aromatic rings. The van der Waals surface area contributed by atoms with E-state index in [-0.39, 0.29) is 18.3 Å². The topological polar surface area (TPSA) is 38.3 Å². The van der Waals surface area contributed by atoms with Crippen molar-refractivity contribution in [3.8, 4) is 0 Å². The molecule has 3 rings (SSSR count). The summed E-state index contributed by atoms with van der Waals surface area (Å²) in [5.41, 5.74) is 3.00. The van der Waals surface area contributed by atoms with Gasteiger partial charge in [0.25, 0.3) is 5.91 Å². The van der Waals surface area contributed by atoms with Crippen molar-refractivity contribution in [2.45, 2.75) is 20.0 Å². The number of ether oxygens (including phenoxy) is 1. The van der Waals surface area contributed by atoms with Crippen LogP contribution in [0, 0.1) is 12.7 Å². The molecule has 3 nitrogen and oxygen atoms in total. The first kappa shape index (κ1) is 17.6. The molecular formula is C20H20FNO2S. The van der Waals surface area contributed by atoms with Crippen LogP contribution < -0.4 is 5.32 Å². The van der Waals surface area contributed by atoms with Crippen molar-refractivity contribution in [1.29, 1.82) is 0 Å². The Labute approximate surface area is 150 Å². The fourth-order valence-corrected chi connectivity index (χ4v) is 4.04. The van der Waals surface area contributed by atoms with Gasteiger partial charge in [-0.15, -0.1) is 11.3 Å². The number of hydrogen-bond acceptors (Lipinski definition) is 3. The predicted octanol–water partition coefficient (Wildman–Crippen LogP) is 4.47. The summed E-state index contributed by atoms with van der Waals surface area (Å²) in [6.07, 6.45) is 0.756. The van der Waals surface area contributed by atoms with E-state index in [0.717, 1.165) is 11.1 Å². The Morgan fingerprint density at radius 3 is 2.80 bits per heavy atom. The monoisotopic (exact) mass is 357 g/mol. The molecular weight excluding hydrogens is 337 g/mol. The van der Waals surface area contributed by atoms with Crippen molar-refractivity contribution in [3.63, 3.8) is 0 Å². The van der Waals surface area contributed by atoms with E-state index in [0.29, 0.717) is 22.4 Å². The normalized spacial score (nSPS) is 11.0. The van der Waals surface area contributed by atoms with Crippen molar-refractivity contribution in [2.24, 2.45) is 0 Å². The third-order valence-corrected chi connectivity index (χ3v) is 5.24. The third-order valence-electron chi connectivity index (χ3n) is 4.04. The minimum Gasteiger partial charge on any atom is -0.380 e. The van der Waals surface area contributed by atoms with Crippen LogP contribution >= 0.6 is 11.3 Å². The van der Waals surface area contributed by atoms with Gasteiger partial charge in [0, 0.05) is 29.3 Å². The number of hydrogen-bond donors (Lipinski definition) is 1. The zero-order valence-electron chi connectivity index (χ0n) is 14.3. The number of thiophene rings is 1. The molecule has 0 saturated carbocycles. The molecule has 0 aliphatic heterocycles. The van der Waals surface area contributed by atoms with Crippen molar-refractivity contribution in [1.82, 2.24) is 5.32 Å². The van der Waals surface area contributed by atoms with E-state index >= 15 is 0 Å². The van der Waals surface area contributed by atoms with Crippen molar-refractivity contribution >= 4 is 27.3 Å². The molecule has 0 spiro atoms. The van der Waals surface area contributed by atoms with Gasteiger partial charge in [-0.1, -0.05) is 35.9 Å². The van der Waals surface area contributed by atoms with Crippen molar-refractivity contribution in [2.75, 3.05) is 13.7 Å². The van der Waals surface area contributed by atoms with Crippen molar-refractivity contribution < 1.29 is 13.9 Å². The van der Waals surface area contributed by atoms with Gasteiger partial charge in [0.05, 0.1) is 11.5 Å². The molecule has 0 fully saturated rings. The van der Waals surface area contributed by atoms with E-state index < -0.39 is 0 Å². The summed E-state index contributed by atoms with van der Waals surface area (Å²) in [6.45, 7) is 2.79. The fraction of sp³-hybridized carbons (Fsp3) is 0.250. The second-order valence-electron chi connectivity index (χ2n) is 5.95. The zero-order chi connectivity index (χ0) is 17.8. The molecule has 1 aromatic heterocycles. The van der Waals surface area contributed by atoms with Gasteiger partial charge >= 0.3 is 0 Å². The first-order chi connectivity index (χ1) is 12.1. The highest BCUT2D eigenvalue weighted by Crippen LogP contribution is 2.33. The van der Waals surface area contributed by atoms with Crippen LogP contribution in [0.25, 0.3) is 10.1 Å². The number of carbonyl (C=O) groups excluding carboxylic acids is 1. The smallest absolute Gasteiger partial charge is 0.261 e. The zero-order valence-corrected chi connectivity index (χ0v) is 15.1. The van der Waals surface area contributed by atoms with E-state index in [1.54, 1.807) is 13.2 Å². The van der Waals surface area contributed by atoms with Gasteiger partial charge < -0.3 is 10.1 Å². The molecule has 0 aliphatic rings. The fourth-order valence-electron chi connectivity index (χ4n) is 2.90. The molecule has 0 saturated heterocycles. The number of carbonyl (C=O) groups is 1. The summed E-state index contributed by atoms with van der Waals surface area (Å²) in [5, 5.41) is 3.42. The Balaban J connectivity index is 1.77. The summed E-state index contributed by atoms with van der Waals surface area (Å²) >= 11 is 1.30.